The van der Waals surface area contributed by atoms with Crippen molar-refractivity contribution in [2.24, 2.45) is 0 Å². The number of nitrogens with zero attached hydrogens (tertiary/aromatic N) is 2. The number of hydrogen-bond acceptors (Lipinski definition) is 4. The number of hydrogen-bond donors (Lipinski definition) is 1. The number of carbonyl (C=O) groups excluding carboxylic acids is 1. The fraction of sp³-hybridized carbons (Fsp3) is 0.200. The van der Waals surface area contributed by atoms with E-state index in [-0.39, 0.29) is 17.8 Å². The van der Waals surface area contributed by atoms with Gasteiger partial charge < -0.3 is 5.32 Å². The summed E-state index contributed by atoms with van der Waals surface area (Å²) in [5.41, 5.74) is 1.62. The first-order valence-corrected chi connectivity index (χ1v) is 10.3. The Morgan fingerprint density at radius 1 is 1.30 bits per heavy atom. The number of aryl methyl sites for hydroxylation is 1. The van der Waals surface area contributed by atoms with Crippen LogP contribution in [0.15, 0.2) is 47.8 Å². The van der Waals surface area contributed by atoms with E-state index in [0.717, 1.165) is 28.0 Å². The van der Waals surface area contributed by atoms with Crippen molar-refractivity contribution in [3.05, 3.63) is 69.1 Å². The molecule has 0 aliphatic carbocycles. The summed E-state index contributed by atoms with van der Waals surface area (Å²) >= 11 is 3.09. The average molecular weight is 400 g/mol. The van der Waals surface area contributed by atoms with Gasteiger partial charge in [-0.3, -0.25) is 4.79 Å². The van der Waals surface area contributed by atoms with Crippen LogP contribution in [0.4, 0.5) is 4.39 Å². The summed E-state index contributed by atoms with van der Waals surface area (Å²) in [6.45, 7) is 3.92. The Morgan fingerprint density at radius 3 is 2.78 bits per heavy atom. The van der Waals surface area contributed by atoms with Gasteiger partial charge in [0.2, 0.25) is 0 Å². The van der Waals surface area contributed by atoms with Crippen LogP contribution in [0.25, 0.3) is 15.9 Å². The molecular weight excluding hydrogens is 381 g/mol. The highest BCUT2D eigenvalue weighted by Crippen LogP contribution is 2.30. The maximum atomic E-state index is 13.2. The van der Waals surface area contributed by atoms with E-state index >= 15 is 0 Å². The van der Waals surface area contributed by atoms with Gasteiger partial charge in [0.1, 0.15) is 10.6 Å². The van der Waals surface area contributed by atoms with Crippen LogP contribution in [-0.4, -0.2) is 21.7 Å². The van der Waals surface area contributed by atoms with Gasteiger partial charge in [-0.05, 0) is 55.6 Å². The Hall–Kier alpha value is -2.51. The standard InChI is InChI=1S/C20H18FN3OS2/c1-12(10-16-4-3-9-26-16)22-19(25)18-11-17-13(2)23-24(20(17)27-18)15-7-5-14(21)6-8-15/h3-9,11-12H,10H2,1-2H3,(H,22,25)/t12-/m1/s1. The molecule has 1 amide bonds. The third-order valence-electron chi connectivity index (χ3n) is 4.30. The second-order valence-corrected chi connectivity index (χ2v) is 8.52. The van der Waals surface area contributed by atoms with Crippen molar-refractivity contribution < 1.29 is 9.18 Å². The molecule has 0 aliphatic rings. The first-order valence-electron chi connectivity index (χ1n) is 8.59. The van der Waals surface area contributed by atoms with Gasteiger partial charge in [-0.2, -0.15) is 5.10 Å². The lowest BCUT2D eigenvalue weighted by atomic mass is 10.2. The predicted octanol–water partition coefficient (Wildman–Crippen LogP) is 4.96. The van der Waals surface area contributed by atoms with Crippen LogP contribution in [0.2, 0.25) is 0 Å². The van der Waals surface area contributed by atoms with Gasteiger partial charge in [0.25, 0.3) is 5.91 Å². The molecule has 0 aliphatic heterocycles. The minimum atomic E-state index is -0.287. The summed E-state index contributed by atoms with van der Waals surface area (Å²) in [5, 5.41) is 10.6. The lowest BCUT2D eigenvalue weighted by Crippen LogP contribution is -2.33. The monoisotopic (exact) mass is 399 g/mol. The maximum absolute atomic E-state index is 13.2. The molecule has 0 fully saturated rings. The molecule has 1 atom stereocenters. The molecule has 3 heterocycles. The number of rotatable bonds is 5. The lowest BCUT2D eigenvalue weighted by molar-refractivity contribution is 0.0944. The molecule has 0 unspecified atom stereocenters. The number of fused-ring (bicyclic) bond motifs is 1. The molecule has 7 heteroatoms. The first-order chi connectivity index (χ1) is 13.0. The van der Waals surface area contributed by atoms with E-state index in [1.54, 1.807) is 28.2 Å². The Morgan fingerprint density at radius 2 is 2.07 bits per heavy atom. The summed E-state index contributed by atoms with van der Waals surface area (Å²) in [6.07, 6.45) is 0.816. The second kappa shape index (κ2) is 7.25. The van der Waals surface area contributed by atoms with E-state index < -0.39 is 0 Å². The fourth-order valence-corrected chi connectivity index (χ4v) is 4.91. The van der Waals surface area contributed by atoms with Gasteiger partial charge in [0, 0.05) is 22.7 Å². The number of amides is 1. The summed E-state index contributed by atoms with van der Waals surface area (Å²) in [5.74, 6) is -0.366. The van der Waals surface area contributed by atoms with Crippen LogP contribution in [0.1, 0.15) is 27.2 Å². The van der Waals surface area contributed by atoms with E-state index in [2.05, 4.69) is 16.5 Å². The maximum Gasteiger partial charge on any atom is 0.261 e. The number of halogens is 1. The summed E-state index contributed by atoms with van der Waals surface area (Å²) in [4.78, 5) is 15.5. The van der Waals surface area contributed by atoms with Gasteiger partial charge >= 0.3 is 0 Å². The molecule has 4 rings (SSSR count). The molecule has 4 aromatic rings. The van der Waals surface area contributed by atoms with Crippen molar-refractivity contribution in [3.63, 3.8) is 0 Å². The number of nitrogens with one attached hydrogen (secondary N) is 1. The van der Waals surface area contributed by atoms with Crippen molar-refractivity contribution in [2.45, 2.75) is 26.3 Å². The first kappa shape index (κ1) is 17.9. The molecule has 27 heavy (non-hydrogen) atoms. The quantitative estimate of drug-likeness (QED) is 0.516. The molecule has 3 aromatic heterocycles. The average Bonchev–Trinajstić information content (AvgIpc) is 3.34. The Bertz CT molecular complexity index is 1080. The van der Waals surface area contributed by atoms with Gasteiger partial charge in [-0.1, -0.05) is 6.07 Å². The van der Waals surface area contributed by atoms with Gasteiger partial charge in [0.05, 0.1) is 16.3 Å². The van der Waals surface area contributed by atoms with E-state index in [4.69, 9.17) is 0 Å². The highest BCUT2D eigenvalue weighted by molar-refractivity contribution is 7.20. The SMILES string of the molecule is Cc1nn(-c2ccc(F)cc2)c2sc(C(=O)N[C@H](C)Cc3cccs3)cc12. The minimum Gasteiger partial charge on any atom is -0.349 e. The van der Waals surface area contributed by atoms with Crippen molar-refractivity contribution >= 4 is 38.8 Å². The number of thiophene rings is 2. The van der Waals surface area contributed by atoms with Gasteiger partial charge in [0.15, 0.2) is 0 Å². The Kier molecular flexibility index (Phi) is 4.80. The molecule has 1 N–H and O–H groups in total. The van der Waals surface area contributed by atoms with Crippen LogP contribution in [-0.2, 0) is 6.42 Å². The summed E-state index contributed by atoms with van der Waals surface area (Å²) in [7, 11) is 0. The molecule has 1 aromatic carbocycles. The smallest absolute Gasteiger partial charge is 0.261 e. The largest absolute Gasteiger partial charge is 0.349 e. The Balaban J connectivity index is 1.58. The number of benzene rings is 1. The minimum absolute atomic E-state index is 0.0519. The van der Waals surface area contributed by atoms with Crippen LogP contribution >= 0.6 is 22.7 Å². The number of aromatic nitrogens is 2. The fourth-order valence-electron chi connectivity index (χ4n) is 2.99. The normalized spacial score (nSPS) is 12.4. The van der Waals surface area contributed by atoms with Crippen LogP contribution < -0.4 is 5.32 Å². The highest BCUT2D eigenvalue weighted by atomic mass is 32.1. The zero-order chi connectivity index (χ0) is 19.0. The molecule has 0 radical (unpaired) electrons. The molecule has 0 saturated heterocycles. The van der Waals surface area contributed by atoms with Gasteiger partial charge in [-0.15, -0.1) is 22.7 Å². The predicted molar refractivity (Wildman–Crippen MR) is 109 cm³/mol. The van der Waals surface area contributed by atoms with Crippen molar-refractivity contribution in [1.82, 2.24) is 15.1 Å². The molecule has 4 nitrogen and oxygen atoms in total. The van der Waals surface area contributed by atoms with E-state index in [9.17, 15) is 9.18 Å². The zero-order valence-corrected chi connectivity index (χ0v) is 16.5. The molecule has 0 spiro atoms. The van der Waals surface area contributed by atoms with E-state index in [1.165, 1.54) is 28.3 Å². The van der Waals surface area contributed by atoms with E-state index in [0.29, 0.717) is 4.88 Å². The molecule has 0 saturated carbocycles. The summed E-state index contributed by atoms with van der Waals surface area (Å²) < 4.78 is 15.0. The van der Waals surface area contributed by atoms with Crippen LogP contribution in [0.5, 0.6) is 0 Å². The van der Waals surface area contributed by atoms with Crippen molar-refractivity contribution in [3.8, 4) is 5.69 Å². The van der Waals surface area contributed by atoms with E-state index in [1.807, 2.05) is 31.4 Å². The van der Waals surface area contributed by atoms with Crippen molar-refractivity contribution in [1.29, 1.82) is 0 Å². The molecule has 0 bridgehead atoms. The highest BCUT2D eigenvalue weighted by Gasteiger charge is 2.18. The van der Waals surface area contributed by atoms with Gasteiger partial charge in [-0.25, -0.2) is 9.07 Å². The third kappa shape index (κ3) is 3.65. The van der Waals surface area contributed by atoms with Crippen molar-refractivity contribution in [2.75, 3.05) is 0 Å². The van der Waals surface area contributed by atoms with Crippen LogP contribution in [0, 0.1) is 12.7 Å². The topological polar surface area (TPSA) is 46.9 Å². The lowest BCUT2D eigenvalue weighted by Gasteiger charge is -2.11. The third-order valence-corrected chi connectivity index (χ3v) is 6.31. The Labute approximate surface area is 164 Å². The second-order valence-electron chi connectivity index (χ2n) is 6.46. The molecule has 138 valence electrons. The van der Waals surface area contributed by atoms with Crippen LogP contribution in [0.3, 0.4) is 0 Å². The zero-order valence-electron chi connectivity index (χ0n) is 14.9. The number of carbonyl (C=O) groups is 1. The molecular formula is C20H18FN3OS2. The summed E-state index contributed by atoms with van der Waals surface area (Å²) in [6, 6.07) is 12.2.